The van der Waals surface area contributed by atoms with Crippen molar-refractivity contribution >= 4 is 17.7 Å². The van der Waals surface area contributed by atoms with E-state index in [1.165, 1.54) is 0 Å². The van der Waals surface area contributed by atoms with Crippen LogP contribution in [0.2, 0.25) is 0 Å². The van der Waals surface area contributed by atoms with E-state index in [1.54, 1.807) is 0 Å². The van der Waals surface area contributed by atoms with Gasteiger partial charge in [-0.15, -0.1) is 0 Å². The van der Waals surface area contributed by atoms with E-state index < -0.39 is 0 Å². The molecule has 0 saturated heterocycles. The average Bonchev–Trinajstić information content (AvgIpc) is 3.34. The van der Waals surface area contributed by atoms with E-state index in [4.69, 9.17) is 19.6 Å². The van der Waals surface area contributed by atoms with E-state index in [9.17, 15) is 4.79 Å². The van der Waals surface area contributed by atoms with E-state index >= 15 is 0 Å². The molecule has 168 valence electrons. The van der Waals surface area contributed by atoms with Crippen LogP contribution < -0.4 is 10.6 Å². The fraction of sp³-hybridized carbons (Fsp3) is 0.609. The Hall–Kier alpha value is -2.61. The molecule has 4 rings (SSSR count). The van der Waals surface area contributed by atoms with Crippen LogP contribution in [0.15, 0.2) is 24.3 Å². The molecule has 31 heavy (non-hydrogen) atoms. The molecule has 0 aromatic carbocycles. The highest BCUT2D eigenvalue weighted by Crippen LogP contribution is 2.37. The van der Waals surface area contributed by atoms with Crippen LogP contribution >= 0.6 is 0 Å². The topological polar surface area (TPSA) is 90.3 Å². The molecule has 1 amide bonds. The maximum atomic E-state index is 12.1. The van der Waals surface area contributed by atoms with Gasteiger partial charge in [0, 0.05) is 37.3 Å². The number of carbonyl (C=O) groups excluding carboxylic acids is 1. The molecule has 2 N–H and O–H groups in total. The predicted octanol–water partition coefficient (Wildman–Crippen LogP) is 4.10. The zero-order valence-corrected chi connectivity index (χ0v) is 18.7. The Morgan fingerprint density at radius 3 is 2.90 bits per heavy atom. The number of rotatable bonds is 0. The van der Waals surface area contributed by atoms with Crippen molar-refractivity contribution in [3.05, 3.63) is 35.7 Å². The number of ether oxygens (including phenoxy) is 2. The number of nitrogens with zero attached hydrogens (tertiary/aromatic N) is 3. The summed E-state index contributed by atoms with van der Waals surface area (Å²) in [7, 11) is 0. The van der Waals surface area contributed by atoms with E-state index in [0.29, 0.717) is 19.8 Å². The molecule has 1 fully saturated rings. The molecular formula is C23H33N5O3. The molecule has 2 aromatic rings. The van der Waals surface area contributed by atoms with Crippen LogP contribution in [0.1, 0.15) is 63.8 Å². The molecule has 1 aliphatic carbocycles. The van der Waals surface area contributed by atoms with E-state index in [0.717, 1.165) is 55.1 Å². The fourth-order valence-electron chi connectivity index (χ4n) is 4.17. The third kappa shape index (κ3) is 5.55. The molecule has 0 unspecified atom stereocenters. The first-order valence-corrected chi connectivity index (χ1v) is 11.2. The van der Waals surface area contributed by atoms with E-state index in [-0.39, 0.29) is 23.7 Å². The maximum absolute atomic E-state index is 12.1. The van der Waals surface area contributed by atoms with Crippen LogP contribution in [-0.4, -0.2) is 46.7 Å². The summed E-state index contributed by atoms with van der Waals surface area (Å²) >= 11 is 0. The molecule has 1 aliphatic heterocycles. The van der Waals surface area contributed by atoms with Gasteiger partial charge in [0.15, 0.2) is 0 Å². The molecule has 2 atom stereocenters. The molecule has 2 aromatic heterocycles. The number of fused-ring (bicyclic) bond motifs is 7. The van der Waals surface area contributed by atoms with E-state index in [1.807, 2.05) is 22.9 Å². The zero-order chi connectivity index (χ0) is 21.8. The summed E-state index contributed by atoms with van der Waals surface area (Å²) in [5.41, 5.74) is 1.83. The fourth-order valence-corrected chi connectivity index (χ4v) is 4.17. The Labute approximate surface area is 183 Å². The van der Waals surface area contributed by atoms with Crippen LogP contribution in [0.3, 0.4) is 0 Å². The third-order valence-electron chi connectivity index (χ3n) is 5.74. The molecule has 2 aliphatic rings. The molecular weight excluding hydrogens is 394 g/mol. The predicted molar refractivity (Wildman–Crippen MR) is 119 cm³/mol. The first-order valence-electron chi connectivity index (χ1n) is 11.2. The van der Waals surface area contributed by atoms with Gasteiger partial charge < -0.3 is 20.1 Å². The van der Waals surface area contributed by atoms with Crippen LogP contribution in [-0.2, 0) is 21.4 Å². The number of nitrogens with one attached hydrogen (secondary N) is 2. The zero-order valence-electron chi connectivity index (χ0n) is 18.7. The standard InChI is InChI=1S/C23H33N5O3/c1-23(2,3)28-21-15-19(27-28)16-8-9-18(14-16)31-22(29)24-11-5-12-30-13-10-17-6-4-7-20(25-17)26-21/h4,6-7,15-16,18H,5,8-14H2,1-3H3,(H,24,29)(H,25,26)/t16-,18+/m0/s1. The first-order chi connectivity index (χ1) is 14.9. The second-order valence-corrected chi connectivity index (χ2v) is 9.36. The van der Waals surface area contributed by atoms with Crippen molar-refractivity contribution in [2.75, 3.05) is 25.1 Å². The van der Waals surface area contributed by atoms with Crippen LogP contribution in [0, 0.1) is 0 Å². The molecule has 8 heteroatoms. The highest BCUT2D eigenvalue weighted by Gasteiger charge is 2.32. The van der Waals surface area contributed by atoms with Crippen molar-refractivity contribution in [3.8, 4) is 0 Å². The lowest BCUT2D eigenvalue weighted by Crippen LogP contribution is -2.29. The highest BCUT2D eigenvalue weighted by atomic mass is 16.6. The highest BCUT2D eigenvalue weighted by molar-refractivity contribution is 5.67. The second kappa shape index (κ2) is 9.26. The number of pyridine rings is 1. The molecule has 8 nitrogen and oxygen atoms in total. The quantitative estimate of drug-likeness (QED) is 0.658. The van der Waals surface area contributed by atoms with Crippen LogP contribution in [0.5, 0.6) is 0 Å². The minimum Gasteiger partial charge on any atom is -0.446 e. The SMILES string of the molecule is CC(C)(C)n1nc2cc1Nc1cccc(n1)CCOCCCNC(=O)O[C@@H]1CC[C@H]2C1. The number of amides is 1. The van der Waals surface area contributed by atoms with Gasteiger partial charge in [0.25, 0.3) is 0 Å². The minimum absolute atomic E-state index is 0.0714. The molecule has 6 bridgehead atoms. The van der Waals surface area contributed by atoms with Gasteiger partial charge in [-0.25, -0.2) is 14.5 Å². The monoisotopic (exact) mass is 427 g/mol. The normalized spacial score (nSPS) is 23.0. The van der Waals surface area contributed by atoms with Gasteiger partial charge in [-0.05, 0) is 58.6 Å². The largest absolute Gasteiger partial charge is 0.446 e. The van der Waals surface area contributed by atoms with Gasteiger partial charge in [0.1, 0.15) is 17.7 Å². The van der Waals surface area contributed by atoms with Crippen molar-refractivity contribution in [1.82, 2.24) is 20.1 Å². The number of alkyl carbamates (subject to hydrolysis) is 1. The summed E-state index contributed by atoms with van der Waals surface area (Å²) in [6, 6.07) is 8.12. The Morgan fingerprint density at radius 2 is 2.06 bits per heavy atom. The van der Waals surface area contributed by atoms with Crippen molar-refractivity contribution in [1.29, 1.82) is 0 Å². The lowest BCUT2D eigenvalue weighted by Gasteiger charge is -2.22. The lowest BCUT2D eigenvalue weighted by molar-refractivity contribution is 0.0977. The average molecular weight is 428 g/mol. The second-order valence-electron chi connectivity index (χ2n) is 9.36. The number of anilines is 2. The number of hydrogen-bond acceptors (Lipinski definition) is 6. The Balaban J connectivity index is 1.61. The van der Waals surface area contributed by atoms with Crippen molar-refractivity contribution in [3.63, 3.8) is 0 Å². The van der Waals surface area contributed by atoms with Gasteiger partial charge >= 0.3 is 6.09 Å². The van der Waals surface area contributed by atoms with Gasteiger partial charge in [-0.2, -0.15) is 5.10 Å². The summed E-state index contributed by atoms with van der Waals surface area (Å²) in [6.07, 6.45) is 3.69. The summed E-state index contributed by atoms with van der Waals surface area (Å²) in [4.78, 5) is 16.9. The smallest absolute Gasteiger partial charge is 0.407 e. The summed E-state index contributed by atoms with van der Waals surface area (Å²) in [5.74, 6) is 2.00. The van der Waals surface area contributed by atoms with Crippen molar-refractivity contribution in [2.45, 2.75) is 70.4 Å². The van der Waals surface area contributed by atoms with Gasteiger partial charge in [-0.1, -0.05) is 6.07 Å². The molecule has 3 heterocycles. The molecule has 0 radical (unpaired) electrons. The van der Waals surface area contributed by atoms with Gasteiger partial charge in [-0.3, -0.25) is 0 Å². The molecule has 0 spiro atoms. The maximum Gasteiger partial charge on any atom is 0.407 e. The first kappa shape index (κ1) is 21.6. The van der Waals surface area contributed by atoms with Gasteiger partial charge in [0.05, 0.1) is 17.8 Å². The Kier molecular flexibility index (Phi) is 6.46. The number of hydrogen-bond donors (Lipinski definition) is 2. The Bertz CT molecular complexity index is 905. The van der Waals surface area contributed by atoms with Crippen LogP contribution in [0.25, 0.3) is 0 Å². The summed E-state index contributed by atoms with van der Waals surface area (Å²) in [6.45, 7) is 8.15. The van der Waals surface area contributed by atoms with Crippen LogP contribution in [0.4, 0.5) is 16.4 Å². The van der Waals surface area contributed by atoms with E-state index in [2.05, 4.69) is 37.5 Å². The minimum atomic E-state index is -0.341. The summed E-state index contributed by atoms with van der Waals surface area (Å²) < 4.78 is 13.4. The van der Waals surface area contributed by atoms with Crippen molar-refractivity contribution < 1.29 is 14.3 Å². The number of aromatic nitrogens is 3. The number of carbonyl (C=O) groups is 1. The van der Waals surface area contributed by atoms with Gasteiger partial charge in [0.2, 0.25) is 0 Å². The molecule has 1 saturated carbocycles. The van der Waals surface area contributed by atoms with Crippen molar-refractivity contribution in [2.24, 2.45) is 0 Å². The summed E-state index contributed by atoms with van der Waals surface area (Å²) in [5, 5.41) is 11.2. The third-order valence-corrected chi connectivity index (χ3v) is 5.74. The lowest BCUT2D eigenvalue weighted by atomic mass is 10.0. The Morgan fingerprint density at radius 1 is 1.19 bits per heavy atom.